The molecule has 0 fully saturated rings. The SMILES string of the molecule is CC(=CC(=O)Cl)C(C)C. The molecule has 0 aromatic heterocycles. The number of carbonyl (C=O) groups is 1. The molecule has 2 heteroatoms. The summed E-state index contributed by atoms with van der Waals surface area (Å²) >= 11 is 5.10. The molecule has 0 aliphatic heterocycles. The van der Waals surface area contributed by atoms with Crippen LogP contribution in [0.25, 0.3) is 0 Å². The maximum Gasteiger partial charge on any atom is 0.245 e. The Bertz CT molecular complexity index is 136. The highest BCUT2D eigenvalue weighted by Gasteiger charge is 1.97. The standard InChI is InChI=1S/C7H11ClO/c1-5(2)6(3)4-7(8)9/h4-5H,1-3H3. The topological polar surface area (TPSA) is 17.1 Å². The molecule has 0 saturated carbocycles. The Labute approximate surface area is 60.7 Å². The summed E-state index contributed by atoms with van der Waals surface area (Å²) in [5.41, 5.74) is 1.02. The molecule has 9 heavy (non-hydrogen) atoms. The van der Waals surface area contributed by atoms with Crippen LogP contribution in [0.4, 0.5) is 0 Å². The quantitative estimate of drug-likeness (QED) is 0.432. The van der Waals surface area contributed by atoms with Crippen LogP contribution in [-0.4, -0.2) is 5.24 Å². The second kappa shape index (κ2) is 3.67. The number of rotatable bonds is 2. The van der Waals surface area contributed by atoms with Crippen molar-refractivity contribution in [1.82, 2.24) is 0 Å². The zero-order chi connectivity index (χ0) is 7.44. The van der Waals surface area contributed by atoms with Gasteiger partial charge in [-0.2, -0.15) is 0 Å². The van der Waals surface area contributed by atoms with Crippen LogP contribution >= 0.6 is 11.6 Å². The van der Waals surface area contributed by atoms with Crippen LogP contribution in [-0.2, 0) is 4.79 Å². The van der Waals surface area contributed by atoms with E-state index in [0.717, 1.165) is 5.57 Å². The Morgan fingerprint density at radius 3 is 2.11 bits per heavy atom. The van der Waals surface area contributed by atoms with E-state index in [-0.39, 0.29) is 5.24 Å². The van der Waals surface area contributed by atoms with Crippen LogP contribution in [0, 0.1) is 5.92 Å². The van der Waals surface area contributed by atoms with Crippen LogP contribution in [0.1, 0.15) is 20.8 Å². The normalized spacial score (nSPS) is 12.3. The second-order valence-corrected chi connectivity index (χ2v) is 2.72. The molecule has 0 saturated heterocycles. The van der Waals surface area contributed by atoms with E-state index in [1.54, 1.807) is 0 Å². The van der Waals surface area contributed by atoms with Crippen molar-refractivity contribution in [2.45, 2.75) is 20.8 Å². The van der Waals surface area contributed by atoms with Gasteiger partial charge in [-0.3, -0.25) is 4.79 Å². The first kappa shape index (κ1) is 8.70. The summed E-state index contributed by atoms with van der Waals surface area (Å²) in [5.74, 6) is 0.410. The van der Waals surface area contributed by atoms with Gasteiger partial charge in [0.25, 0.3) is 0 Å². The molecule has 0 aliphatic rings. The molecule has 1 nitrogen and oxygen atoms in total. The van der Waals surface area contributed by atoms with Gasteiger partial charge in [0, 0.05) is 0 Å². The number of allylic oxidation sites excluding steroid dienone is 2. The molecule has 0 aromatic carbocycles. The highest BCUT2D eigenvalue weighted by atomic mass is 35.5. The van der Waals surface area contributed by atoms with Gasteiger partial charge < -0.3 is 0 Å². The average molecular weight is 147 g/mol. The lowest BCUT2D eigenvalue weighted by Gasteiger charge is -2.00. The zero-order valence-electron chi connectivity index (χ0n) is 5.94. The largest absolute Gasteiger partial charge is 0.276 e. The van der Waals surface area contributed by atoms with Crippen molar-refractivity contribution >= 4 is 16.8 Å². The second-order valence-electron chi connectivity index (χ2n) is 2.35. The van der Waals surface area contributed by atoms with Crippen LogP contribution in [0.15, 0.2) is 11.6 Å². The molecule has 52 valence electrons. The lowest BCUT2D eigenvalue weighted by atomic mass is 10.1. The van der Waals surface area contributed by atoms with Crippen molar-refractivity contribution < 1.29 is 4.79 Å². The number of hydrogen-bond donors (Lipinski definition) is 0. The predicted octanol–water partition coefficient (Wildman–Crippen LogP) is 2.35. The average Bonchev–Trinajstić information content (AvgIpc) is 1.63. The summed E-state index contributed by atoms with van der Waals surface area (Å²) in [6.45, 7) is 5.93. The summed E-state index contributed by atoms with van der Waals surface area (Å²) in [7, 11) is 0. The summed E-state index contributed by atoms with van der Waals surface area (Å²) in [5, 5.41) is -0.388. The molecule has 0 heterocycles. The minimum atomic E-state index is -0.388. The maximum atomic E-state index is 10.2. The molecule has 0 aromatic rings. The Kier molecular flexibility index (Phi) is 3.55. The number of hydrogen-bond acceptors (Lipinski definition) is 1. The van der Waals surface area contributed by atoms with Crippen molar-refractivity contribution in [3.63, 3.8) is 0 Å². The van der Waals surface area contributed by atoms with Crippen LogP contribution in [0.2, 0.25) is 0 Å². The lowest BCUT2D eigenvalue weighted by Crippen LogP contribution is -1.90. The Morgan fingerprint density at radius 1 is 1.56 bits per heavy atom. The van der Waals surface area contributed by atoms with E-state index in [1.165, 1.54) is 6.08 Å². The van der Waals surface area contributed by atoms with E-state index in [1.807, 2.05) is 20.8 Å². The summed E-state index contributed by atoms with van der Waals surface area (Å²) < 4.78 is 0. The first-order valence-electron chi connectivity index (χ1n) is 2.91. The van der Waals surface area contributed by atoms with E-state index in [4.69, 9.17) is 11.6 Å². The third-order valence-electron chi connectivity index (χ3n) is 1.25. The van der Waals surface area contributed by atoms with Crippen LogP contribution < -0.4 is 0 Å². The first-order chi connectivity index (χ1) is 4.04. The molecular formula is C7H11ClO. The third-order valence-corrected chi connectivity index (χ3v) is 1.36. The summed E-state index contributed by atoms with van der Waals surface area (Å²) in [4.78, 5) is 10.2. The monoisotopic (exact) mass is 146 g/mol. The first-order valence-corrected chi connectivity index (χ1v) is 3.29. The van der Waals surface area contributed by atoms with Gasteiger partial charge in [-0.15, -0.1) is 0 Å². The minimum Gasteiger partial charge on any atom is -0.276 e. The van der Waals surface area contributed by atoms with Gasteiger partial charge in [0.2, 0.25) is 5.24 Å². The third kappa shape index (κ3) is 4.22. The molecule has 0 spiro atoms. The molecule has 0 rings (SSSR count). The Morgan fingerprint density at radius 2 is 2.00 bits per heavy atom. The van der Waals surface area contributed by atoms with Gasteiger partial charge >= 0.3 is 0 Å². The fourth-order valence-electron chi connectivity index (χ4n) is 0.346. The summed E-state index contributed by atoms with van der Waals surface area (Å²) in [6, 6.07) is 0. The van der Waals surface area contributed by atoms with Gasteiger partial charge in [0.1, 0.15) is 0 Å². The Balaban J connectivity index is 4.00. The van der Waals surface area contributed by atoms with E-state index >= 15 is 0 Å². The molecule has 0 radical (unpaired) electrons. The van der Waals surface area contributed by atoms with E-state index < -0.39 is 0 Å². The molecule has 0 aliphatic carbocycles. The van der Waals surface area contributed by atoms with E-state index in [0.29, 0.717) is 5.92 Å². The van der Waals surface area contributed by atoms with Crippen LogP contribution in [0.5, 0.6) is 0 Å². The summed E-state index contributed by atoms with van der Waals surface area (Å²) in [6.07, 6.45) is 1.45. The van der Waals surface area contributed by atoms with Crippen molar-refractivity contribution in [2.75, 3.05) is 0 Å². The van der Waals surface area contributed by atoms with Gasteiger partial charge in [0.15, 0.2) is 0 Å². The molecule has 0 bridgehead atoms. The van der Waals surface area contributed by atoms with Gasteiger partial charge in [-0.1, -0.05) is 19.4 Å². The molecule has 0 atom stereocenters. The number of halogens is 1. The molecular weight excluding hydrogens is 136 g/mol. The zero-order valence-corrected chi connectivity index (χ0v) is 6.70. The van der Waals surface area contributed by atoms with Gasteiger partial charge in [-0.25, -0.2) is 0 Å². The van der Waals surface area contributed by atoms with Crippen molar-refractivity contribution in [3.05, 3.63) is 11.6 Å². The number of carbonyl (C=O) groups excluding carboxylic acids is 1. The molecule has 0 amide bonds. The lowest BCUT2D eigenvalue weighted by molar-refractivity contribution is -0.107. The smallest absolute Gasteiger partial charge is 0.245 e. The minimum absolute atomic E-state index is 0.388. The van der Waals surface area contributed by atoms with E-state index in [2.05, 4.69) is 0 Å². The van der Waals surface area contributed by atoms with Crippen molar-refractivity contribution in [3.8, 4) is 0 Å². The molecule has 0 N–H and O–H groups in total. The highest BCUT2D eigenvalue weighted by Crippen LogP contribution is 2.07. The maximum absolute atomic E-state index is 10.2. The van der Waals surface area contributed by atoms with Crippen molar-refractivity contribution in [2.24, 2.45) is 5.92 Å². The van der Waals surface area contributed by atoms with Gasteiger partial charge in [-0.05, 0) is 30.5 Å². The van der Waals surface area contributed by atoms with Crippen LogP contribution in [0.3, 0.4) is 0 Å². The fraction of sp³-hybridized carbons (Fsp3) is 0.571. The van der Waals surface area contributed by atoms with E-state index in [9.17, 15) is 4.79 Å². The molecule has 0 unspecified atom stereocenters. The van der Waals surface area contributed by atoms with Crippen molar-refractivity contribution in [1.29, 1.82) is 0 Å². The predicted molar refractivity (Wildman–Crippen MR) is 39.5 cm³/mol. The van der Waals surface area contributed by atoms with Gasteiger partial charge in [0.05, 0.1) is 0 Å². The highest BCUT2D eigenvalue weighted by molar-refractivity contribution is 6.66. The Hall–Kier alpha value is -0.300. The fourth-order valence-corrected chi connectivity index (χ4v) is 0.518.